The monoisotopic (exact) mass is 293 g/mol. The number of benzene rings is 1. The molecule has 0 aliphatic heterocycles. The van der Waals surface area contributed by atoms with Gasteiger partial charge in [0.2, 0.25) is 0 Å². The summed E-state index contributed by atoms with van der Waals surface area (Å²) in [4.78, 5) is 12.9. The van der Waals surface area contributed by atoms with Gasteiger partial charge in [-0.1, -0.05) is 24.6 Å². The Morgan fingerprint density at radius 2 is 2.35 bits per heavy atom. The smallest absolute Gasteiger partial charge is 0.323 e. The third-order valence-electron chi connectivity index (χ3n) is 3.92. The Morgan fingerprint density at radius 3 is 3.00 bits per heavy atom. The Balaban J connectivity index is 2.08. The molecule has 1 aliphatic rings. The highest BCUT2D eigenvalue weighted by atomic mass is 32.2. The summed E-state index contributed by atoms with van der Waals surface area (Å²) in [6.07, 6.45) is 3.51. The maximum absolute atomic E-state index is 11.6. The Hall–Kier alpha value is -1.00. The van der Waals surface area contributed by atoms with Crippen LogP contribution in [0.15, 0.2) is 29.2 Å². The number of hydrogen-bond donors (Lipinski definition) is 2. The highest BCUT2D eigenvalue weighted by Gasteiger charge is 2.42. The normalized spacial score (nSPS) is 26.4. The van der Waals surface area contributed by atoms with Crippen LogP contribution in [0.3, 0.4) is 0 Å². The molecule has 3 nitrogen and oxygen atoms in total. The number of carboxylic acids is 1. The van der Waals surface area contributed by atoms with E-state index in [1.807, 2.05) is 18.7 Å². The summed E-state index contributed by atoms with van der Waals surface area (Å²) in [5.74, 6) is -0.700. The lowest BCUT2D eigenvalue weighted by atomic mass is 9.81. The molecule has 0 spiro atoms. The molecule has 110 valence electrons. The van der Waals surface area contributed by atoms with E-state index in [1.165, 1.54) is 10.5 Å². The number of carbonyl (C=O) groups is 1. The van der Waals surface area contributed by atoms with Gasteiger partial charge in [0, 0.05) is 10.1 Å². The summed E-state index contributed by atoms with van der Waals surface area (Å²) in [5.41, 5.74) is 0.524. The lowest BCUT2D eigenvalue weighted by Crippen LogP contribution is -2.55. The minimum absolute atomic E-state index is 0.376. The van der Waals surface area contributed by atoms with E-state index in [0.29, 0.717) is 18.2 Å². The topological polar surface area (TPSA) is 49.3 Å². The molecule has 0 aromatic heterocycles. The van der Waals surface area contributed by atoms with Crippen LogP contribution in [0.2, 0.25) is 0 Å². The summed E-state index contributed by atoms with van der Waals surface area (Å²) < 4.78 is 0. The van der Waals surface area contributed by atoms with Crippen molar-refractivity contribution in [2.75, 3.05) is 6.54 Å². The van der Waals surface area contributed by atoms with Crippen molar-refractivity contribution in [2.24, 2.45) is 0 Å². The van der Waals surface area contributed by atoms with Crippen LogP contribution < -0.4 is 5.32 Å². The van der Waals surface area contributed by atoms with E-state index >= 15 is 0 Å². The van der Waals surface area contributed by atoms with Crippen molar-refractivity contribution in [1.82, 2.24) is 5.32 Å². The highest BCUT2D eigenvalue weighted by Crippen LogP contribution is 2.38. The fourth-order valence-electron chi connectivity index (χ4n) is 2.97. The van der Waals surface area contributed by atoms with Crippen molar-refractivity contribution in [3.63, 3.8) is 0 Å². The number of thioether (sulfide) groups is 1. The first-order chi connectivity index (χ1) is 9.55. The van der Waals surface area contributed by atoms with E-state index in [2.05, 4.69) is 36.5 Å². The number of nitrogens with one attached hydrogen (secondary N) is 1. The zero-order chi connectivity index (χ0) is 14.6. The van der Waals surface area contributed by atoms with E-state index in [1.54, 1.807) is 0 Å². The summed E-state index contributed by atoms with van der Waals surface area (Å²) in [5, 5.41) is 13.2. The van der Waals surface area contributed by atoms with E-state index in [-0.39, 0.29) is 0 Å². The lowest BCUT2D eigenvalue weighted by molar-refractivity contribution is -0.146. The Bertz CT molecular complexity index is 473. The number of aliphatic carboxylic acids is 1. The lowest BCUT2D eigenvalue weighted by Gasteiger charge is -2.38. The largest absolute Gasteiger partial charge is 0.480 e. The molecule has 4 heteroatoms. The zero-order valence-corrected chi connectivity index (χ0v) is 13.0. The molecule has 1 aromatic carbocycles. The van der Waals surface area contributed by atoms with Gasteiger partial charge in [0.1, 0.15) is 5.54 Å². The summed E-state index contributed by atoms with van der Waals surface area (Å²) >= 11 is 1.82. The molecule has 0 saturated heterocycles. The average Bonchev–Trinajstić information content (AvgIpc) is 2.39. The van der Waals surface area contributed by atoms with Crippen LogP contribution >= 0.6 is 11.8 Å². The van der Waals surface area contributed by atoms with E-state index in [4.69, 9.17) is 0 Å². The second-order valence-electron chi connectivity index (χ2n) is 5.57. The molecule has 20 heavy (non-hydrogen) atoms. The van der Waals surface area contributed by atoms with Crippen molar-refractivity contribution in [3.8, 4) is 0 Å². The maximum atomic E-state index is 11.6. The molecule has 2 unspecified atom stereocenters. The summed E-state index contributed by atoms with van der Waals surface area (Å²) in [7, 11) is 0. The van der Waals surface area contributed by atoms with Crippen molar-refractivity contribution in [3.05, 3.63) is 29.8 Å². The molecule has 0 bridgehead atoms. The van der Waals surface area contributed by atoms with Gasteiger partial charge in [-0.15, -0.1) is 11.8 Å². The molecule has 2 rings (SSSR count). The van der Waals surface area contributed by atoms with Crippen LogP contribution in [0.25, 0.3) is 0 Å². The van der Waals surface area contributed by atoms with Gasteiger partial charge in [-0.3, -0.25) is 4.79 Å². The average molecular weight is 293 g/mol. The van der Waals surface area contributed by atoms with E-state index < -0.39 is 11.5 Å². The minimum atomic E-state index is -0.728. The van der Waals surface area contributed by atoms with Gasteiger partial charge in [-0.2, -0.15) is 0 Å². The van der Waals surface area contributed by atoms with E-state index in [9.17, 15) is 9.90 Å². The van der Waals surface area contributed by atoms with Gasteiger partial charge in [-0.05, 0) is 51.3 Å². The fraction of sp³-hybridized carbons (Fsp3) is 0.562. The van der Waals surface area contributed by atoms with Crippen LogP contribution in [0.1, 0.15) is 38.2 Å². The number of carboxylic acid groups (broad SMARTS) is 1. The first-order valence-electron chi connectivity index (χ1n) is 7.27. The number of rotatable bonds is 5. The van der Waals surface area contributed by atoms with Crippen LogP contribution in [-0.4, -0.2) is 28.4 Å². The van der Waals surface area contributed by atoms with Gasteiger partial charge in [0.05, 0.1) is 0 Å². The van der Waals surface area contributed by atoms with Crippen LogP contribution in [0.5, 0.6) is 0 Å². The Labute approximate surface area is 125 Å². The molecular weight excluding hydrogens is 270 g/mol. The van der Waals surface area contributed by atoms with Gasteiger partial charge in [0.15, 0.2) is 0 Å². The molecule has 0 radical (unpaired) electrons. The summed E-state index contributed by atoms with van der Waals surface area (Å²) in [6, 6.07) is 8.44. The van der Waals surface area contributed by atoms with E-state index in [0.717, 1.165) is 19.3 Å². The van der Waals surface area contributed by atoms with Gasteiger partial charge in [0.25, 0.3) is 0 Å². The van der Waals surface area contributed by atoms with Crippen molar-refractivity contribution < 1.29 is 9.90 Å². The molecule has 1 fully saturated rings. The Morgan fingerprint density at radius 1 is 1.55 bits per heavy atom. The molecule has 0 amide bonds. The third kappa shape index (κ3) is 3.55. The van der Waals surface area contributed by atoms with Gasteiger partial charge < -0.3 is 10.4 Å². The molecule has 2 atom stereocenters. The molecule has 1 saturated carbocycles. The van der Waals surface area contributed by atoms with Crippen molar-refractivity contribution in [2.45, 2.75) is 55.2 Å². The quantitative estimate of drug-likeness (QED) is 0.873. The second-order valence-corrected chi connectivity index (χ2v) is 6.94. The second kappa shape index (κ2) is 6.64. The van der Waals surface area contributed by atoms with Crippen LogP contribution in [0, 0.1) is 6.92 Å². The molecule has 1 aromatic rings. The van der Waals surface area contributed by atoms with Gasteiger partial charge in [-0.25, -0.2) is 0 Å². The number of aryl methyl sites for hydroxylation is 1. The van der Waals surface area contributed by atoms with Crippen LogP contribution in [0.4, 0.5) is 0 Å². The predicted octanol–water partition coefficient (Wildman–Crippen LogP) is 3.46. The predicted molar refractivity (Wildman–Crippen MR) is 83.3 cm³/mol. The Kier molecular flexibility index (Phi) is 5.11. The minimum Gasteiger partial charge on any atom is -0.480 e. The third-order valence-corrected chi connectivity index (χ3v) is 5.18. The maximum Gasteiger partial charge on any atom is 0.323 e. The molecule has 2 N–H and O–H groups in total. The number of likely N-dealkylation sites (N-methyl/N-ethyl adjacent to an activating group) is 1. The molecular formula is C16H23NO2S. The highest BCUT2D eigenvalue weighted by molar-refractivity contribution is 8.00. The number of hydrogen-bond acceptors (Lipinski definition) is 3. The first-order valence-corrected chi connectivity index (χ1v) is 8.15. The molecule has 0 heterocycles. The summed E-state index contributed by atoms with van der Waals surface area (Å²) in [6.45, 7) is 4.77. The fourth-order valence-corrected chi connectivity index (χ4v) is 4.42. The first kappa shape index (κ1) is 15.4. The standard InChI is InChI=1S/C16H23NO2S/c1-3-17-16(15(18)19)9-5-8-14(11-16)20-13-7-4-6-12(2)10-13/h4,6-7,10,14,17H,3,5,8-9,11H2,1-2H3,(H,18,19). The molecule has 1 aliphatic carbocycles. The van der Waals surface area contributed by atoms with Crippen molar-refractivity contribution >= 4 is 17.7 Å². The zero-order valence-electron chi connectivity index (χ0n) is 12.2. The van der Waals surface area contributed by atoms with Crippen molar-refractivity contribution in [1.29, 1.82) is 0 Å². The van der Waals surface area contributed by atoms with Crippen LogP contribution in [-0.2, 0) is 4.79 Å². The van der Waals surface area contributed by atoms with Gasteiger partial charge >= 0.3 is 5.97 Å². The SMILES string of the molecule is CCNC1(C(=O)O)CCCC(Sc2cccc(C)c2)C1.